The van der Waals surface area contributed by atoms with Crippen molar-refractivity contribution >= 4 is 29.6 Å². The first-order valence-electron chi connectivity index (χ1n) is 16.5. The molecule has 0 unspecified atom stereocenters. The zero-order valence-electron chi connectivity index (χ0n) is 29.3. The Bertz CT molecular complexity index is 1530. The van der Waals surface area contributed by atoms with Crippen LogP contribution in [0.5, 0.6) is 0 Å². The normalized spacial score (nSPS) is 14.4. The number of hydrogen-bond acceptors (Lipinski definition) is 6. The van der Waals surface area contributed by atoms with Gasteiger partial charge in [-0.2, -0.15) is 0 Å². The van der Waals surface area contributed by atoms with Gasteiger partial charge in [0, 0.05) is 18.4 Å². The van der Waals surface area contributed by atoms with E-state index >= 15 is 0 Å². The van der Waals surface area contributed by atoms with Crippen LogP contribution in [0.2, 0.25) is 0 Å². The fourth-order valence-electron chi connectivity index (χ4n) is 5.21. The van der Waals surface area contributed by atoms with Crippen LogP contribution in [0, 0.1) is 46.8 Å². The zero-order chi connectivity index (χ0) is 38.7. The minimum atomic E-state index is -2.44. The summed E-state index contributed by atoms with van der Waals surface area (Å²) in [4.78, 5) is 65.6. The van der Waals surface area contributed by atoms with E-state index in [1.54, 1.807) is 58.0 Å². The summed E-state index contributed by atoms with van der Waals surface area (Å²) in [6, 6.07) is 0.885. The Hall–Kier alpha value is -4.60. The average molecular weight is 728 g/mol. The highest BCUT2D eigenvalue weighted by molar-refractivity contribution is 5.95. The summed E-state index contributed by atoms with van der Waals surface area (Å²) in [5.41, 5.74) is 5.06. The number of halogens is 5. The number of carbonyl (C=O) groups excluding carboxylic acids is 4. The van der Waals surface area contributed by atoms with Crippen LogP contribution in [0.4, 0.5) is 22.0 Å². The maximum absolute atomic E-state index is 14.8. The van der Waals surface area contributed by atoms with Crippen molar-refractivity contribution in [2.75, 3.05) is 0 Å². The highest BCUT2D eigenvalue weighted by Crippen LogP contribution is 2.24. The molecule has 0 radical (unpaired) electrons. The molecule has 7 N–H and O–H groups in total. The van der Waals surface area contributed by atoms with E-state index in [2.05, 4.69) is 21.3 Å². The molecule has 0 spiro atoms. The van der Waals surface area contributed by atoms with Gasteiger partial charge in [-0.05, 0) is 36.2 Å². The first-order chi connectivity index (χ1) is 23.7. The van der Waals surface area contributed by atoms with Gasteiger partial charge in [0.25, 0.3) is 0 Å². The van der Waals surface area contributed by atoms with Crippen molar-refractivity contribution in [2.24, 2.45) is 23.5 Å². The Balaban J connectivity index is 2.54. The fourth-order valence-corrected chi connectivity index (χ4v) is 5.21. The maximum atomic E-state index is 14.8. The Labute approximate surface area is 293 Å². The smallest absolute Gasteiger partial charge is 0.326 e. The van der Waals surface area contributed by atoms with Crippen LogP contribution < -0.4 is 27.0 Å². The summed E-state index contributed by atoms with van der Waals surface area (Å²) in [7, 11) is 0. The van der Waals surface area contributed by atoms with Gasteiger partial charge in [-0.1, -0.05) is 71.9 Å². The predicted octanol–water partition coefficient (Wildman–Crippen LogP) is 3.27. The molecule has 0 saturated carbocycles. The van der Waals surface area contributed by atoms with Crippen molar-refractivity contribution in [3.05, 3.63) is 70.5 Å². The molecule has 2 aromatic carbocycles. The van der Waals surface area contributed by atoms with Gasteiger partial charge in [0.1, 0.15) is 24.2 Å². The number of rotatable bonds is 18. The molecule has 2 aromatic rings. The van der Waals surface area contributed by atoms with Crippen molar-refractivity contribution in [3.8, 4) is 0 Å². The summed E-state index contributed by atoms with van der Waals surface area (Å²) in [5, 5.41) is 19.1. The summed E-state index contributed by atoms with van der Waals surface area (Å²) < 4.78 is 71.6. The van der Waals surface area contributed by atoms with E-state index in [9.17, 15) is 51.0 Å². The number of hydrogen-bond donors (Lipinski definition) is 6. The minimum Gasteiger partial charge on any atom is -0.480 e. The standard InChI is InChI=1S/C35H46F5N5O6/c1-16(2)12-21(41)31(46)45-30(18(5)6)34(49)43-22(14-19-10-8-7-9-11-19)32(47)42-23(33(48)44-24(35(50)51)13-17(3)4)15-20-25(36)27(38)29(40)28(39)26(20)37/h7-11,16-18,21-24,30H,12-15,41H2,1-6H3,(H,42,47)(H,43,49)(H,44,48)(H,45,46)(H,50,51)/t21-,22-,23-,24-,30-/m1/s1. The summed E-state index contributed by atoms with van der Waals surface area (Å²) in [6.45, 7) is 10.3. The average Bonchev–Trinajstić information content (AvgIpc) is 3.05. The van der Waals surface area contributed by atoms with Gasteiger partial charge in [0.15, 0.2) is 23.3 Å². The maximum Gasteiger partial charge on any atom is 0.326 e. The molecule has 16 heteroatoms. The summed E-state index contributed by atoms with van der Waals surface area (Å²) in [6.07, 6.45) is -1.29. The minimum absolute atomic E-state index is 0.0715. The van der Waals surface area contributed by atoms with E-state index in [1.165, 1.54) is 0 Å². The molecule has 0 aromatic heterocycles. The molecule has 4 amide bonds. The van der Waals surface area contributed by atoms with Crippen molar-refractivity contribution < 1.29 is 51.0 Å². The molecule has 0 bridgehead atoms. The lowest BCUT2D eigenvalue weighted by molar-refractivity contribution is -0.142. The van der Waals surface area contributed by atoms with Gasteiger partial charge < -0.3 is 32.1 Å². The van der Waals surface area contributed by atoms with Crippen LogP contribution in [0.3, 0.4) is 0 Å². The van der Waals surface area contributed by atoms with Crippen molar-refractivity contribution in [2.45, 2.75) is 97.4 Å². The quantitative estimate of drug-likeness (QED) is 0.0775. The zero-order valence-corrected chi connectivity index (χ0v) is 29.3. The van der Waals surface area contributed by atoms with Gasteiger partial charge in [-0.3, -0.25) is 19.2 Å². The van der Waals surface area contributed by atoms with E-state index < -0.39 is 107 Å². The van der Waals surface area contributed by atoms with E-state index in [1.807, 2.05) is 13.8 Å². The number of carboxylic acid groups (broad SMARTS) is 1. The van der Waals surface area contributed by atoms with Crippen LogP contribution in [0.15, 0.2) is 30.3 Å². The van der Waals surface area contributed by atoms with Crippen LogP contribution in [0.25, 0.3) is 0 Å². The molecular formula is C35H46F5N5O6. The third-order valence-electron chi connectivity index (χ3n) is 7.89. The Kier molecular flexibility index (Phi) is 16.0. The van der Waals surface area contributed by atoms with Crippen LogP contribution in [0.1, 0.15) is 65.5 Å². The third kappa shape index (κ3) is 12.3. The lowest BCUT2D eigenvalue weighted by Gasteiger charge is -2.28. The molecule has 282 valence electrons. The van der Waals surface area contributed by atoms with Gasteiger partial charge in [-0.15, -0.1) is 0 Å². The van der Waals surface area contributed by atoms with Gasteiger partial charge in [0.05, 0.1) is 6.04 Å². The number of amides is 4. The number of benzene rings is 2. The summed E-state index contributed by atoms with van der Waals surface area (Å²) in [5.74, 6) is -17.6. The van der Waals surface area contributed by atoms with Gasteiger partial charge >= 0.3 is 5.97 Å². The molecule has 11 nitrogen and oxygen atoms in total. The molecule has 0 aliphatic rings. The van der Waals surface area contributed by atoms with Gasteiger partial charge in [-0.25, -0.2) is 26.7 Å². The lowest BCUT2D eigenvalue weighted by Crippen LogP contribution is -2.60. The first-order valence-corrected chi connectivity index (χ1v) is 16.5. The number of carboxylic acids is 1. The molecule has 5 atom stereocenters. The summed E-state index contributed by atoms with van der Waals surface area (Å²) >= 11 is 0. The van der Waals surface area contributed by atoms with Crippen LogP contribution >= 0.6 is 0 Å². The van der Waals surface area contributed by atoms with E-state index in [-0.39, 0.29) is 24.7 Å². The molecule has 2 rings (SSSR count). The molecule has 0 heterocycles. The van der Waals surface area contributed by atoms with Crippen molar-refractivity contribution in [1.82, 2.24) is 21.3 Å². The topological polar surface area (TPSA) is 180 Å². The second-order valence-electron chi connectivity index (χ2n) is 13.6. The first kappa shape index (κ1) is 42.6. The molecular weight excluding hydrogens is 681 g/mol. The van der Waals surface area contributed by atoms with Crippen molar-refractivity contribution in [3.63, 3.8) is 0 Å². The fraction of sp³-hybridized carbons (Fsp3) is 0.514. The van der Waals surface area contributed by atoms with E-state index in [0.717, 1.165) is 0 Å². The second-order valence-corrected chi connectivity index (χ2v) is 13.6. The lowest BCUT2D eigenvalue weighted by atomic mass is 9.98. The largest absolute Gasteiger partial charge is 0.480 e. The Morgan fingerprint density at radius 2 is 1.06 bits per heavy atom. The second kappa shape index (κ2) is 19.1. The number of nitrogens with one attached hydrogen (secondary N) is 4. The van der Waals surface area contributed by atoms with Crippen LogP contribution in [-0.4, -0.2) is 64.9 Å². The van der Waals surface area contributed by atoms with Gasteiger partial charge in [0.2, 0.25) is 29.4 Å². The molecule has 0 aliphatic heterocycles. The monoisotopic (exact) mass is 727 g/mol. The molecule has 0 saturated heterocycles. The van der Waals surface area contributed by atoms with E-state index in [0.29, 0.717) is 12.0 Å². The third-order valence-corrected chi connectivity index (χ3v) is 7.89. The number of nitrogens with two attached hydrogens (primary N) is 1. The molecule has 51 heavy (non-hydrogen) atoms. The number of aliphatic carboxylic acids is 1. The van der Waals surface area contributed by atoms with E-state index in [4.69, 9.17) is 5.73 Å². The Morgan fingerprint density at radius 3 is 1.53 bits per heavy atom. The van der Waals surface area contributed by atoms with Crippen LogP contribution in [-0.2, 0) is 36.8 Å². The highest BCUT2D eigenvalue weighted by Gasteiger charge is 2.35. The Morgan fingerprint density at radius 1 is 0.608 bits per heavy atom. The number of carbonyl (C=O) groups is 5. The molecule has 0 aliphatic carbocycles. The predicted molar refractivity (Wildman–Crippen MR) is 177 cm³/mol. The van der Waals surface area contributed by atoms with Crippen molar-refractivity contribution in [1.29, 1.82) is 0 Å². The SMILES string of the molecule is CC(C)C[C@@H](N)C(=O)N[C@@H](C(=O)N[C@H](Cc1ccccc1)C(=O)N[C@H](Cc1c(F)c(F)c(F)c(F)c1F)C(=O)N[C@H](CC(C)C)C(=O)O)C(C)C. The molecule has 0 fully saturated rings. The highest BCUT2D eigenvalue weighted by atomic mass is 19.2.